The van der Waals surface area contributed by atoms with E-state index < -0.39 is 11.7 Å². The summed E-state index contributed by atoms with van der Waals surface area (Å²) >= 11 is 0. The highest BCUT2D eigenvalue weighted by Crippen LogP contribution is 2.29. The fourth-order valence-electron chi connectivity index (χ4n) is 2.40. The largest absolute Gasteiger partial charge is 0.416 e. The minimum atomic E-state index is -4.37. The molecule has 1 heterocycles. The van der Waals surface area contributed by atoms with E-state index in [0.717, 1.165) is 17.7 Å². The molecule has 0 saturated heterocycles. The lowest BCUT2D eigenvalue weighted by molar-refractivity contribution is -0.137. The molecule has 0 aliphatic rings. The molecular weight excluding hydrogens is 355 g/mol. The quantitative estimate of drug-likeness (QED) is 0.506. The molecule has 2 aromatic rings. The summed E-state index contributed by atoms with van der Waals surface area (Å²) in [7, 11) is 3.75. The Labute approximate surface area is 156 Å². The van der Waals surface area contributed by atoms with Gasteiger partial charge in [0.2, 0.25) is 0 Å². The zero-order chi connectivity index (χ0) is 19.9. The van der Waals surface area contributed by atoms with Gasteiger partial charge in [0.05, 0.1) is 11.8 Å². The monoisotopic (exact) mass is 377 g/mol. The molecule has 144 valence electrons. The van der Waals surface area contributed by atoms with Gasteiger partial charge in [-0.1, -0.05) is 17.9 Å². The van der Waals surface area contributed by atoms with Crippen LogP contribution in [0.1, 0.15) is 23.6 Å². The highest BCUT2D eigenvalue weighted by atomic mass is 19.4. The summed E-state index contributed by atoms with van der Waals surface area (Å²) in [5, 5.41) is 7.30. The van der Waals surface area contributed by atoms with Crippen molar-refractivity contribution < 1.29 is 13.2 Å². The van der Waals surface area contributed by atoms with Gasteiger partial charge >= 0.3 is 6.18 Å². The number of hydrogen-bond donors (Lipinski definition) is 1. The normalized spacial score (nSPS) is 11.7. The van der Waals surface area contributed by atoms with Gasteiger partial charge in [-0.25, -0.2) is 4.99 Å². The summed E-state index contributed by atoms with van der Waals surface area (Å²) in [6.45, 7) is 3.45. The Balaban J connectivity index is 2.04. The number of aromatic nitrogens is 2. The molecule has 0 atom stereocenters. The molecule has 0 radical (unpaired) electrons. The van der Waals surface area contributed by atoms with Crippen LogP contribution < -0.4 is 5.32 Å². The summed E-state index contributed by atoms with van der Waals surface area (Å²) in [5.74, 6) is 6.20. The maximum Gasteiger partial charge on any atom is 0.416 e. The number of nitrogens with one attached hydrogen (secondary N) is 1. The molecule has 1 aromatic carbocycles. The first kappa shape index (κ1) is 20.4. The Morgan fingerprint density at radius 1 is 1.37 bits per heavy atom. The summed E-state index contributed by atoms with van der Waals surface area (Å²) in [6.07, 6.45) is -0.663. The first-order valence-corrected chi connectivity index (χ1v) is 8.42. The average molecular weight is 377 g/mol. The third kappa shape index (κ3) is 6.37. The van der Waals surface area contributed by atoms with Crippen LogP contribution in [-0.2, 0) is 19.8 Å². The fourth-order valence-corrected chi connectivity index (χ4v) is 2.40. The predicted octanol–water partition coefficient (Wildman–Crippen LogP) is 2.89. The number of nitrogens with zero attached hydrogens (tertiary/aromatic N) is 4. The van der Waals surface area contributed by atoms with Crippen molar-refractivity contribution >= 4 is 5.96 Å². The van der Waals surface area contributed by atoms with Gasteiger partial charge in [0, 0.05) is 44.5 Å². The van der Waals surface area contributed by atoms with Crippen molar-refractivity contribution in [2.45, 2.75) is 19.6 Å². The number of aliphatic imine (C=N–C) groups is 1. The van der Waals surface area contributed by atoms with Crippen molar-refractivity contribution in [3.63, 3.8) is 0 Å². The summed E-state index contributed by atoms with van der Waals surface area (Å²) in [4.78, 5) is 6.35. The van der Waals surface area contributed by atoms with Crippen molar-refractivity contribution in [3.05, 3.63) is 53.3 Å². The van der Waals surface area contributed by atoms with Crippen LogP contribution in [0.25, 0.3) is 0 Å². The third-order valence-corrected chi connectivity index (χ3v) is 3.61. The van der Waals surface area contributed by atoms with Gasteiger partial charge in [-0.05, 0) is 25.1 Å². The van der Waals surface area contributed by atoms with Crippen LogP contribution in [0.15, 0.2) is 41.7 Å². The SMILES string of the molecule is CCNC(=NCC#Cc1cccc(C(F)(F)F)c1)N(C)Cc1cnn(C)c1. The molecule has 2 rings (SSSR count). The standard InChI is InChI=1S/C19H22F3N5/c1-4-23-18(26(2)13-16-12-25-27(3)14-16)24-10-6-8-15-7-5-9-17(11-15)19(20,21)22/h5,7,9,11-12,14H,4,10,13H2,1-3H3,(H,23,24). The van der Waals surface area contributed by atoms with Crippen molar-refractivity contribution in [1.82, 2.24) is 20.0 Å². The van der Waals surface area contributed by atoms with Gasteiger partial charge in [0.15, 0.2) is 5.96 Å². The first-order valence-electron chi connectivity index (χ1n) is 8.42. The number of aryl methyl sites for hydroxylation is 1. The lowest BCUT2D eigenvalue weighted by atomic mass is 10.1. The Morgan fingerprint density at radius 2 is 2.15 bits per heavy atom. The number of benzene rings is 1. The third-order valence-electron chi connectivity index (χ3n) is 3.61. The Bertz CT molecular complexity index is 843. The Hall–Kier alpha value is -2.95. The minimum Gasteiger partial charge on any atom is -0.356 e. The van der Waals surface area contributed by atoms with E-state index in [4.69, 9.17) is 0 Å². The van der Waals surface area contributed by atoms with Crippen LogP contribution >= 0.6 is 0 Å². The van der Waals surface area contributed by atoms with E-state index >= 15 is 0 Å². The number of hydrogen-bond acceptors (Lipinski definition) is 2. The molecule has 0 fully saturated rings. The average Bonchev–Trinajstić information content (AvgIpc) is 3.02. The van der Waals surface area contributed by atoms with Crippen LogP contribution in [-0.4, -0.2) is 40.8 Å². The second-order valence-electron chi connectivity index (χ2n) is 5.93. The molecule has 0 saturated carbocycles. The van der Waals surface area contributed by atoms with Gasteiger partial charge in [0.1, 0.15) is 6.54 Å². The van der Waals surface area contributed by atoms with Gasteiger partial charge in [-0.2, -0.15) is 18.3 Å². The zero-order valence-electron chi connectivity index (χ0n) is 15.5. The van der Waals surface area contributed by atoms with Gasteiger partial charge in [0.25, 0.3) is 0 Å². The van der Waals surface area contributed by atoms with Gasteiger partial charge < -0.3 is 10.2 Å². The summed E-state index contributed by atoms with van der Waals surface area (Å²) in [5.41, 5.74) is 0.650. The zero-order valence-corrected chi connectivity index (χ0v) is 15.5. The van der Waals surface area contributed by atoms with Crippen molar-refractivity contribution in [2.75, 3.05) is 20.1 Å². The molecule has 27 heavy (non-hydrogen) atoms. The van der Waals surface area contributed by atoms with Crippen LogP contribution in [0.3, 0.4) is 0 Å². The molecule has 1 aromatic heterocycles. The Morgan fingerprint density at radius 3 is 2.78 bits per heavy atom. The highest BCUT2D eigenvalue weighted by molar-refractivity contribution is 5.79. The lowest BCUT2D eigenvalue weighted by Crippen LogP contribution is -2.38. The topological polar surface area (TPSA) is 45.5 Å². The molecule has 8 heteroatoms. The smallest absolute Gasteiger partial charge is 0.356 e. The van der Waals surface area contributed by atoms with Crippen LogP contribution in [0.5, 0.6) is 0 Å². The molecule has 0 spiro atoms. The molecular formula is C19H22F3N5. The molecule has 5 nitrogen and oxygen atoms in total. The van der Waals surface area contributed by atoms with E-state index in [9.17, 15) is 13.2 Å². The fraction of sp³-hybridized carbons (Fsp3) is 0.368. The predicted molar refractivity (Wildman–Crippen MR) is 99.0 cm³/mol. The summed E-state index contributed by atoms with van der Waals surface area (Å²) in [6, 6.07) is 4.96. The second kappa shape index (κ2) is 9.12. The molecule has 0 amide bonds. The molecule has 0 aliphatic carbocycles. The molecule has 1 N–H and O–H groups in total. The van der Waals surface area contributed by atoms with E-state index in [1.807, 2.05) is 32.1 Å². The van der Waals surface area contributed by atoms with Crippen LogP contribution in [0.2, 0.25) is 0 Å². The van der Waals surface area contributed by atoms with E-state index in [-0.39, 0.29) is 6.54 Å². The van der Waals surface area contributed by atoms with Gasteiger partial charge in [-0.15, -0.1) is 0 Å². The maximum atomic E-state index is 12.7. The highest BCUT2D eigenvalue weighted by Gasteiger charge is 2.30. The van der Waals surface area contributed by atoms with Crippen LogP contribution in [0, 0.1) is 11.8 Å². The first-order chi connectivity index (χ1) is 12.8. The maximum absolute atomic E-state index is 12.7. The van der Waals surface area contributed by atoms with Crippen LogP contribution in [0.4, 0.5) is 13.2 Å². The van der Waals surface area contributed by atoms with E-state index in [1.165, 1.54) is 6.07 Å². The van der Waals surface area contributed by atoms with E-state index in [1.54, 1.807) is 16.9 Å². The molecule has 0 aliphatic heterocycles. The van der Waals surface area contributed by atoms with Crippen molar-refractivity contribution in [3.8, 4) is 11.8 Å². The second-order valence-corrected chi connectivity index (χ2v) is 5.93. The lowest BCUT2D eigenvalue weighted by Gasteiger charge is -2.21. The van der Waals surface area contributed by atoms with Crippen molar-refractivity contribution in [2.24, 2.45) is 12.0 Å². The van der Waals surface area contributed by atoms with Crippen molar-refractivity contribution in [1.29, 1.82) is 0 Å². The van der Waals surface area contributed by atoms with E-state index in [2.05, 4.69) is 27.2 Å². The summed E-state index contributed by atoms with van der Waals surface area (Å²) < 4.78 is 39.9. The number of alkyl halides is 3. The van der Waals surface area contributed by atoms with Gasteiger partial charge in [-0.3, -0.25) is 4.68 Å². The number of rotatable bonds is 4. The van der Waals surface area contributed by atoms with E-state index in [0.29, 0.717) is 24.6 Å². The Kier molecular flexibility index (Phi) is 6.88. The number of guanidine groups is 1. The molecule has 0 unspecified atom stereocenters. The molecule has 0 bridgehead atoms. The minimum absolute atomic E-state index is 0.177. The number of halogens is 3.